The summed E-state index contributed by atoms with van der Waals surface area (Å²) >= 11 is 0. The summed E-state index contributed by atoms with van der Waals surface area (Å²) in [6, 6.07) is 15.8. The van der Waals surface area contributed by atoms with Gasteiger partial charge in [0.25, 0.3) is 5.91 Å². The quantitative estimate of drug-likeness (QED) is 0.539. The van der Waals surface area contributed by atoms with Crippen LogP contribution in [0.25, 0.3) is 0 Å². The number of nitrogens with one attached hydrogen (secondary N) is 2. The molecule has 0 spiro atoms. The van der Waals surface area contributed by atoms with E-state index in [9.17, 15) is 9.59 Å². The highest BCUT2D eigenvalue weighted by molar-refractivity contribution is 6.41. The summed E-state index contributed by atoms with van der Waals surface area (Å²) in [5.41, 5.74) is 2.38. The van der Waals surface area contributed by atoms with Crippen molar-refractivity contribution in [3.63, 3.8) is 0 Å². The zero-order valence-electron chi connectivity index (χ0n) is 17.6. The largest absolute Gasteiger partial charge is 0.472 e. The number of carbonyl (C=O) groups is 2. The number of rotatable bonds is 7. The number of carbonyl (C=O) groups excluding carboxylic acids is 2. The van der Waals surface area contributed by atoms with E-state index in [2.05, 4.69) is 31.4 Å². The smallest absolute Gasteiger partial charge is 0.426 e. The molecule has 2 aromatic rings. The summed E-state index contributed by atoms with van der Waals surface area (Å²) < 4.78 is 0. The molecule has 0 heterocycles. The third kappa shape index (κ3) is 10.5. The van der Waals surface area contributed by atoms with E-state index < -0.39 is 13.2 Å². The van der Waals surface area contributed by atoms with Gasteiger partial charge in [0, 0.05) is 5.56 Å². The van der Waals surface area contributed by atoms with E-state index in [-0.39, 0.29) is 24.7 Å². The molecule has 0 aliphatic rings. The van der Waals surface area contributed by atoms with Crippen molar-refractivity contribution in [2.24, 2.45) is 5.92 Å². The lowest BCUT2D eigenvalue weighted by molar-refractivity contribution is -0.121. The minimum Gasteiger partial charge on any atom is -0.426 e. The highest BCUT2D eigenvalue weighted by Gasteiger charge is 2.20. The van der Waals surface area contributed by atoms with Crippen molar-refractivity contribution in [3.8, 4) is 0 Å². The second kappa shape index (κ2) is 12.8. The highest BCUT2D eigenvalue weighted by atomic mass is 16.4. The van der Waals surface area contributed by atoms with E-state index in [1.807, 2.05) is 37.3 Å². The third-order valence-electron chi connectivity index (χ3n) is 3.69. The number of amides is 2. The first kappa shape index (κ1) is 24.4. The third-order valence-corrected chi connectivity index (χ3v) is 3.69. The molecule has 0 saturated heterocycles. The molecule has 0 saturated carbocycles. The molecule has 0 aromatic heterocycles. The van der Waals surface area contributed by atoms with Gasteiger partial charge in [0.05, 0.1) is 18.9 Å². The van der Waals surface area contributed by atoms with E-state index in [4.69, 9.17) is 10.0 Å². The molecule has 0 fully saturated rings. The SMILES string of the molecule is CC(C)C.Cc1ccc(C(CC(=O)NCB(O)O)NC(=O)c2ccccc2)cc1. The summed E-state index contributed by atoms with van der Waals surface area (Å²) in [6.07, 6.45) is -0.263. The first-order valence-corrected chi connectivity index (χ1v) is 9.74. The Morgan fingerprint density at radius 1 is 0.966 bits per heavy atom. The highest BCUT2D eigenvalue weighted by Crippen LogP contribution is 2.18. The Balaban J connectivity index is 0.000000960. The maximum atomic E-state index is 12.4. The van der Waals surface area contributed by atoms with Crippen LogP contribution in [0.2, 0.25) is 0 Å². The minimum absolute atomic E-state index is 0.00560. The Hall–Kier alpha value is -2.64. The number of hydrogen-bond donors (Lipinski definition) is 4. The number of benzene rings is 2. The van der Waals surface area contributed by atoms with E-state index in [0.717, 1.165) is 17.0 Å². The maximum Gasteiger partial charge on any atom is 0.472 e. The lowest BCUT2D eigenvalue weighted by atomic mass is 9.92. The predicted molar refractivity (Wildman–Crippen MR) is 116 cm³/mol. The van der Waals surface area contributed by atoms with Crippen LogP contribution >= 0.6 is 0 Å². The van der Waals surface area contributed by atoms with Gasteiger partial charge in [-0.2, -0.15) is 0 Å². The van der Waals surface area contributed by atoms with Crippen molar-refractivity contribution in [2.45, 2.75) is 40.2 Å². The minimum atomic E-state index is -1.61. The Bertz CT molecular complexity index is 746. The van der Waals surface area contributed by atoms with Crippen LogP contribution in [0.4, 0.5) is 0 Å². The summed E-state index contributed by atoms with van der Waals surface area (Å²) in [5.74, 6) is 0.174. The van der Waals surface area contributed by atoms with E-state index >= 15 is 0 Å². The summed E-state index contributed by atoms with van der Waals surface area (Å²) in [5, 5.41) is 23.0. The molecular formula is C22H31BN2O4. The molecule has 6 nitrogen and oxygen atoms in total. The normalized spacial score (nSPS) is 11.1. The molecule has 1 atom stereocenters. The van der Waals surface area contributed by atoms with E-state index in [0.29, 0.717) is 5.56 Å². The molecule has 0 aliphatic heterocycles. The van der Waals surface area contributed by atoms with Crippen molar-refractivity contribution < 1.29 is 19.6 Å². The first-order chi connectivity index (χ1) is 13.7. The molecule has 2 amide bonds. The molecule has 4 N–H and O–H groups in total. The summed E-state index contributed by atoms with van der Waals surface area (Å²) in [7, 11) is -1.61. The van der Waals surface area contributed by atoms with Crippen LogP contribution in [-0.4, -0.2) is 35.4 Å². The van der Waals surface area contributed by atoms with Crippen molar-refractivity contribution in [3.05, 3.63) is 71.3 Å². The van der Waals surface area contributed by atoms with Gasteiger partial charge < -0.3 is 20.7 Å². The molecule has 7 heteroatoms. The van der Waals surface area contributed by atoms with E-state index in [1.165, 1.54) is 0 Å². The molecular weight excluding hydrogens is 367 g/mol. The van der Waals surface area contributed by atoms with Gasteiger partial charge in [-0.15, -0.1) is 0 Å². The molecule has 1 unspecified atom stereocenters. The van der Waals surface area contributed by atoms with Crippen LogP contribution in [0.1, 0.15) is 54.7 Å². The average molecular weight is 398 g/mol. The molecule has 2 rings (SSSR count). The van der Waals surface area contributed by atoms with Crippen molar-refractivity contribution in [1.29, 1.82) is 0 Å². The lowest BCUT2D eigenvalue weighted by Crippen LogP contribution is -2.38. The zero-order valence-corrected chi connectivity index (χ0v) is 17.6. The summed E-state index contributed by atoms with van der Waals surface area (Å²) in [4.78, 5) is 24.5. The fraction of sp³-hybridized carbons (Fsp3) is 0.364. The lowest BCUT2D eigenvalue weighted by Gasteiger charge is -2.19. The molecule has 29 heavy (non-hydrogen) atoms. The molecule has 0 radical (unpaired) electrons. The van der Waals surface area contributed by atoms with E-state index in [1.54, 1.807) is 24.3 Å². The van der Waals surface area contributed by atoms with Crippen LogP contribution in [0.5, 0.6) is 0 Å². The van der Waals surface area contributed by atoms with Gasteiger partial charge in [-0.25, -0.2) is 0 Å². The Morgan fingerprint density at radius 2 is 1.52 bits per heavy atom. The van der Waals surface area contributed by atoms with Crippen LogP contribution in [0.3, 0.4) is 0 Å². The second-order valence-electron chi connectivity index (χ2n) is 7.52. The van der Waals surface area contributed by atoms with Gasteiger partial charge in [-0.05, 0) is 30.5 Å². The first-order valence-electron chi connectivity index (χ1n) is 9.74. The van der Waals surface area contributed by atoms with Crippen molar-refractivity contribution in [1.82, 2.24) is 10.6 Å². The van der Waals surface area contributed by atoms with Gasteiger partial charge in [-0.1, -0.05) is 68.8 Å². The standard InChI is InChI=1S/C18H21BN2O4.C4H10/c1-13-7-9-14(10-8-13)16(11-17(22)20-12-19(24)25)21-18(23)15-5-3-2-4-6-15;1-4(2)3/h2-10,16,24-25H,11-12H2,1H3,(H,20,22)(H,21,23);4H,1-3H3. The molecule has 156 valence electrons. The fourth-order valence-electron chi connectivity index (χ4n) is 2.34. The Labute approximate surface area is 173 Å². The fourth-order valence-corrected chi connectivity index (χ4v) is 2.34. The topological polar surface area (TPSA) is 98.7 Å². The Kier molecular flexibility index (Phi) is 10.7. The summed E-state index contributed by atoms with van der Waals surface area (Å²) in [6.45, 7) is 8.46. The number of hydrogen-bond acceptors (Lipinski definition) is 4. The van der Waals surface area contributed by atoms with Gasteiger partial charge in [-0.3, -0.25) is 9.59 Å². The van der Waals surface area contributed by atoms with Crippen molar-refractivity contribution >= 4 is 18.9 Å². The van der Waals surface area contributed by atoms with Crippen LogP contribution < -0.4 is 10.6 Å². The van der Waals surface area contributed by atoms with Gasteiger partial charge in [0.1, 0.15) is 0 Å². The number of aryl methyl sites for hydroxylation is 1. The van der Waals surface area contributed by atoms with Gasteiger partial charge >= 0.3 is 7.12 Å². The molecule has 0 bridgehead atoms. The average Bonchev–Trinajstić information content (AvgIpc) is 2.66. The van der Waals surface area contributed by atoms with Crippen LogP contribution in [0.15, 0.2) is 54.6 Å². The molecule has 0 aliphatic carbocycles. The predicted octanol–water partition coefficient (Wildman–Crippen LogP) is 2.65. The molecule has 2 aromatic carbocycles. The second-order valence-corrected chi connectivity index (χ2v) is 7.52. The van der Waals surface area contributed by atoms with Crippen LogP contribution in [-0.2, 0) is 4.79 Å². The zero-order chi connectivity index (χ0) is 21.8. The van der Waals surface area contributed by atoms with Gasteiger partial charge in [0.15, 0.2) is 0 Å². The van der Waals surface area contributed by atoms with Crippen molar-refractivity contribution in [2.75, 3.05) is 6.44 Å². The monoisotopic (exact) mass is 398 g/mol. The maximum absolute atomic E-state index is 12.4. The Morgan fingerprint density at radius 3 is 2.03 bits per heavy atom. The van der Waals surface area contributed by atoms with Crippen LogP contribution in [0, 0.1) is 12.8 Å². The van der Waals surface area contributed by atoms with Gasteiger partial charge in [0.2, 0.25) is 5.91 Å².